The van der Waals surface area contributed by atoms with E-state index in [1.807, 2.05) is 61.5 Å². The van der Waals surface area contributed by atoms with Crippen LogP contribution in [0.25, 0.3) is 6.08 Å². The molecule has 2 aromatic carbocycles. The van der Waals surface area contributed by atoms with Gasteiger partial charge in [-0.1, -0.05) is 48.2 Å². The number of thioether (sulfide) groups is 1. The monoisotopic (exact) mass is 415 g/mol. The molecule has 28 heavy (non-hydrogen) atoms. The summed E-state index contributed by atoms with van der Waals surface area (Å²) in [4.78, 5) is 14.2. The van der Waals surface area contributed by atoms with E-state index >= 15 is 0 Å². The Bertz CT molecular complexity index is 883. The van der Waals surface area contributed by atoms with Crippen LogP contribution in [0.1, 0.15) is 12.5 Å². The minimum absolute atomic E-state index is 0.0913. The molecule has 0 bridgehead atoms. The van der Waals surface area contributed by atoms with Crippen LogP contribution in [0.4, 0.5) is 0 Å². The highest BCUT2D eigenvalue weighted by Gasteiger charge is 2.28. The van der Waals surface area contributed by atoms with Crippen molar-refractivity contribution >= 4 is 40.3 Å². The number of rotatable bonds is 8. The van der Waals surface area contributed by atoms with E-state index in [1.165, 1.54) is 16.7 Å². The normalized spacial score (nSPS) is 15.2. The number of carbonyl (C=O) groups excluding carboxylic acids is 1. The third-order valence-corrected chi connectivity index (χ3v) is 5.39. The van der Waals surface area contributed by atoms with Gasteiger partial charge in [0.05, 0.1) is 11.5 Å². The molecule has 0 saturated carbocycles. The minimum atomic E-state index is -0.0913. The van der Waals surface area contributed by atoms with E-state index in [2.05, 4.69) is 0 Å². The van der Waals surface area contributed by atoms with Crippen LogP contribution in [0.2, 0.25) is 0 Å². The topological polar surface area (TPSA) is 48.0 Å². The van der Waals surface area contributed by atoms with Gasteiger partial charge in [0, 0.05) is 7.05 Å². The lowest BCUT2D eigenvalue weighted by Gasteiger charge is -2.13. The molecule has 1 saturated heterocycles. The number of amides is 1. The zero-order valence-electron chi connectivity index (χ0n) is 15.7. The molecule has 0 unspecified atom stereocenters. The molecule has 1 aliphatic rings. The molecule has 2 aromatic rings. The van der Waals surface area contributed by atoms with E-state index in [-0.39, 0.29) is 5.91 Å². The number of thiocarbonyl (C=S) groups is 1. The number of hydrogen-bond acceptors (Lipinski definition) is 6. The van der Waals surface area contributed by atoms with Crippen molar-refractivity contribution in [2.24, 2.45) is 0 Å². The molecule has 1 amide bonds. The van der Waals surface area contributed by atoms with Gasteiger partial charge >= 0.3 is 0 Å². The first-order chi connectivity index (χ1) is 13.6. The zero-order chi connectivity index (χ0) is 19.9. The molecule has 5 nitrogen and oxygen atoms in total. The molecule has 0 aliphatic carbocycles. The van der Waals surface area contributed by atoms with Crippen LogP contribution in [0.15, 0.2) is 53.4 Å². The fraction of sp³-hybridized carbons (Fsp3) is 0.238. The predicted octanol–water partition coefficient (Wildman–Crippen LogP) is 4.37. The van der Waals surface area contributed by atoms with Crippen molar-refractivity contribution < 1.29 is 19.0 Å². The lowest BCUT2D eigenvalue weighted by atomic mass is 10.2. The Kier molecular flexibility index (Phi) is 6.95. The van der Waals surface area contributed by atoms with Gasteiger partial charge in [0.1, 0.15) is 23.3 Å². The van der Waals surface area contributed by atoms with Crippen LogP contribution in [-0.2, 0) is 4.79 Å². The molecular weight excluding hydrogens is 394 g/mol. The van der Waals surface area contributed by atoms with Crippen molar-refractivity contribution in [3.63, 3.8) is 0 Å². The second-order valence-corrected chi connectivity index (χ2v) is 7.57. The molecule has 3 rings (SSSR count). The number of ether oxygens (including phenoxy) is 3. The smallest absolute Gasteiger partial charge is 0.265 e. The van der Waals surface area contributed by atoms with Gasteiger partial charge < -0.3 is 14.2 Å². The highest BCUT2D eigenvalue weighted by atomic mass is 32.2. The average Bonchev–Trinajstić information content (AvgIpc) is 2.94. The summed E-state index contributed by atoms with van der Waals surface area (Å²) < 4.78 is 17.7. The van der Waals surface area contributed by atoms with Gasteiger partial charge in [0.25, 0.3) is 5.91 Å². The Morgan fingerprint density at radius 1 is 1.04 bits per heavy atom. The summed E-state index contributed by atoms with van der Waals surface area (Å²) in [6.45, 7) is 3.24. The Balaban J connectivity index is 1.65. The minimum Gasteiger partial charge on any atom is -0.490 e. The largest absolute Gasteiger partial charge is 0.490 e. The van der Waals surface area contributed by atoms with Crippen molar-refractivity contribution in [3.05, 3.63) is 59.0 Å². The summed E-state index contributed by atoms with van der Waals surface area (Å²) in [5.74, 6) is 1.98. The first-order valence-electron chi connectivity index (χ1n) is 8.87. The van der Waals surface area contributed by atoms with Crippen LogP contribution in [0.3, 0.4) is 0 Å². The standard InChI is InChI=1S/C21H21NO4S2/c1-3-24-18-13-15(14-19-20(23)22(2)21(27)28-19)9-10-17(18)26-12-11-25-16-7-5-4-6-8-16/h4-10,13-14H,3,11-12H2,1-2H3/b19-14-. The SMILES string of the molecule is CCOc1cc(/C=C2\SC(=S)N(C)C2=O)ccc1OCCOc1ccccc1. The number of para-hydroxylation sites is 1. The number of carbonyl (C=O) groups is 1. The Morgan fingerprint density at radius 3 is 2.46 bits per heavy atom. The molecular formula is C21H21NO4S2. The summed E-state index contributed by atoms with van der Waals surface area (Å²) in [6.07, 6.45) is 1.81. The van der Waals surface area contributed by atoms with E-state index in [4.69, 9.17) is 26.4 Å². The second-order valence-electron chi connectivity index (χ2n) is 5.89. The predicted molar refractivity (Wildman–Crippen MR) is 116 cm³/mol. The molecule has 7 heteroatoms. The van der Waals surface area contributed by atoms with Gasteiger partial charge in [-0.3, -0.25) is 9.69 Å². The van der Waals surface area contributed by atoms with Crippen molar-refractivity contribution in [1.29, 1.82) is 0 Å². The van der Waals surface area contributed by atoms with E-state index in [9.17, 15) is 4.79 Å². The lowest BCUT2D eigenvalue weighted by Crippen LogP contribution is -2.22. The van der Waals surface area contributed by atoms with Crippen molar-refractivity contribution in [2.75, 3.05) is 26.9 Å². The lowest BCUT2D eigenvalue weighted by molar-refractivity contribution is -0.121. The second kappa shape index (κ2) is 9.61. The molecule has 0 N–H and O–H groups in total. The highest BCUT2D eigenvalue weighted by molar-refractivity contribution is 8.26. The average molecular weight is 416 g/mol. The molecule has 1 heterocycles. The van der Waals surface area contributed by atoms with Crippen LogP contribution in [0, 0.1) is 0 Å². The maximum atomic E-state index is 12.2. The quantitative estimate of drug-likeness (QED) is 0.362. The summed E-state index contributed by atoms with van der Waals surface area (Å²) in [6, 6.07) is 15.2. The van der Waals surface area contributed by atoms with E-state index < -0.39 is 0 Å². The van der Waals surface area contributed by atoms with E-state index in [0.717, 1.165) is 11.3 Å². The van der Waals surface area contributed by atoms with Crippen molar-refractivity contribution in [2.45, 2.75) is 6.92 Å². The summed E-state index contributed by atoms with van der Waals surface area (Å²) in [5.41, 5.74) is 0.852. The van der Waals surface area contributed by atoms with Crippen LogP contribution >= 0.6 is 24.0 Å². The summed E-state index contributed by atoms with van der Waals surface area (Å²) in [7, 11) is 1.68. The fourth-order valence-corrected chi connectivity index (χ4v) is 3.71. The van der Waals surface area contributed by atoms with Crippen molar-refractivity contribution in [1.82, 2.24) is 4.90 Å². The first kappa shape index (κ1) is 20.2. The molecule has 0 spiro atoms. The Hall–Kier alpha value is -2.51. The maximum absolute atomic E-state index is 12.2. The molecule has 0 atom stereocenters. The number of nitrogens with zero attached hydrogens (tertiary/aromatic N) is 1. The third-order valence-electron chi connectivity index (χ3n) is 3.90. The zero-order valence-corrected chi connectivity index (χ0v) is 17.3. The molecule has 1 aliphatic heterocycles. The van der Waals surface area contributed by atoms with Crippen LogP contribution in [0.5, 0.6) is 17.2 Å². The van der Waals surface area contributed by atoms with E-state index in [1.54, 1.807) is 7.05 Å². The van der Waals surface area contributed by atoms with Gasteiger partial charge in [0.2, 0.25) is 0 Å². The number of benzene rings is 2. The van der Waals surface area contributed by atoms with Gasteiger partial charge in [-0.15, -0.1) is 0 Å². The molecule has 0 aromatic heterocycles. The van der Waals surface area contributed by atoms with Gasteiger partial charge in [0.15, 0.2) is 11.5 Å². The highest BCUT2D eigenvalue weighted by Crippen LogP contribution is 2.34. The van der Waals surface area contributed by atoms with Gasteiger partial charge in [-0.25, -0.2) is 0 Å². The first-order valence-corrected chi connectivity index (χ1v) is 10.1. The maximum Gasteiger partial charge on any atom is 0.265 e. The molecule has 0 radical (unpaired) electrons. The van der Waals surface area contributed by atoms with Gasteiger partial charge in [-0.05, 0) is 42.8 Å². The fourth-order valence-electron chi connectivity index (χ4n) is 2.53. The van der Waals surface area contributed by atoms with Crippen molar-refractivity contribution in [3.8, 4) is 17.2 Å². The number of likely N-dealkylation sites (N-methyl/N-ethyl adjacent to an activating group) is 1. The van der Waals surface area contributed by atoms with Crippen LogP contribution < -0.4 is 14.2 Å². The Labute approximate surface area is 174 Å². The third kappa shape index (κ3) is 5.05. The summed E-state index contributed by atoms with van der Waals surface area (Å²) in [5, 5.41) is 0. The molecule has 146 valence electrons. The number of hydrogen-bond donors (Lipinski definition) is 0. The molecule has 1 fully saturated rings. The van der Waals surface area contributed by atoms with E-state index in [0.29, 0.717) is 40.5 Å². The van der Waals surface area contributed by atoms with Crippen LogP contribution in [-0.4, -0.2) is 42.0 Å². The van der Waals surface area contributed by atoms with Gasteiger partial charge in [-0.2, -0.15) is 0 Å². The summed E-state index contributed by atoms with van der Waals surface area (Å²) >= 11 is 6.46. The Morgan fingerprint density at radius 2 is 1.79 bits per heavy atom.